The summed E-state index contributed by atoms with van der Waals surface area (Å²) in [6.07, 6.45) is 6.59. The van der Waals surface area contributed by atoms with Gasteiger partial charge in [-0.1, -0.05) is 39.5 Å². The van der Waals surface area contributed by atoms with Crippen LogP contribution >= 0.6 is 22.6 Å². The number of halogens is 1. The summed E-state index contributed by atoms with van der Waals surface area (Å²) in [6.45, 7) is 4.77. The molecule has 0 heterocycles. The van der Waals surface area contributed by atoms with Crippen molar-refractivity contribution in [2.24, 2.45) is 0 Å². The van der Waals surface area contributed by atoms with Crippen molar-refractivity contribution in [2.45, 2.75) is 58.8 Å². The third-order valence-corrected chi connectivity index (χ3v) is 2.57. The van der Waals surface area contributed by atoms with Gasteiger partial charge in [0.1, 0.15) is 0 Å². The van der Waals surface area contributed by atoms with Gasteiger partial charge in [0.2, 0.25) is 0 Å². The molecule has 0 bridgehead atoms. The Morgan fingerprint density at radius 3 is 2.06 bits per heavy atom. The molecule has 0 saturated heterocycles. The first-order valence-corrected chi connectivity index (χ1v) is 7.27. The first-order chi connectivity index (χ1) is 8.04. The number of carbonyl (C=O) groups excluding carboxylic acids is 1. The van der Waals surface area contributed by atoms with E-state index >= 15 is 0 Å². The largest absolute Gasteiger partial charge is 0.465 e. The van der Waals surface area contributed by atoms with Gasteiger partial charge in [-0.2, -0.15) is 0 Å². The molecular weight excluding hydrogens is 333 g/mol. The molecule has 0 atom stereocenters. The minimum absolute atomic E-state index is 0.295. The van der Waals surface area contributed by atoms with Crippen molar-refractivity contribution in [3.05, 3.63) is 0 Å². The molecular formula is C12H24INO3. The van der Waals surface area contributed by atoms with Crippen molar-refractivity contribution in [1.82, 2.24) is 5.32 Å². The highest BCUT2D eigenvalue weighted by molar-refractivity contribution is 14.1. The highest BCUT2D eigenvalue weighted by Gasteiger charge is 1.93. The van der Waals surface area contributed by atoms with Crippen LogP contribution in [0.2, 0.25) is 0 Å². The summed E-state index contributed by atoms with van der Waals surface area (Å²) in [5.74, 6) is 0. The van der Waals surface area contributed by atoms with Gasteiger partial charge in [-0.15, -0.1) is 0 Å². The van der Waals surface area contributed by atoms with Crippen LogP contribution in [0, 0.1) is 0 Å². The summed E-state index contributed by atoms with van der Waals surface area (Å²) in [6, 6.07) is 0. The van der Waals surface area contributed by atoms with Gasteiger partial charge in [0.05, 0.1) is 0 Å². The first-order valence-electron chi connectivity index (χ1n) is 6.19. The average Bonchev–Trinajstić information content (AvgIpc) is 2.25. The van der Waals surface area contributed by atoms with E-state index in [0.29, 0.717) is 10.3 Å². The van der Waals surface area contributed by atoms with Gasteiger partial charge in [-0.25, -0.2) is 4.79 Å². The van der Waals surface area contributed by atoms with E-state index < -0.39 is 6.09 Å². The molecule has 0 fully saturated rings. The number of carboxylic acid groups (broad SMARTS) is 1. The Hall–Kier alpha value is -0.330. The maximum Gasteiger partial charge on any atom is 0.404 e. The Morgan fingerprint density at radius 1 is 1.06 bits per heavy atom. The third-order valence-electron chi connectivity index (χ3n) is 2.03. The summed E-state index contributed by atoms with van der Waals surface area (Å²) in [5, 5.41) is 10.3. The average molecular weight is 357 g/mol. The van der Waals surface area contributed by atoms with Crippen LogP contribution in [0.1, 0.15) is 58.8 Å². The summed E-state index contributed by atoms with van der Waals surface area (Å²) >= 11 is 1.86. The second-order valence-corrected chi connectivity index (χ2v) is 4.95. The van der Waals surface area contributed by atoms with Gasteiger partial charge in [0.15, 0.2) is 3.79 Å². The zero-order valence-corrected chi connectivity index (χ0v) is 13.0. The van der Waals surface area contributed by atoms with E-state index in [9.17, 15) is 9.59 Å². The number of unbranched alkanes of at least 4 members (excludes halogenated alkanes) is 4. The summed E-state index contributed by atoms with van der Waals surface area (Å²) in [7, 11) is 0. The molecule has 0 rings (SSSR count). The molecule has 4 nitrogen and oxygen atoms in total. The van der Waals surface area contributed by atoms with Crippen molar-refractivity contribution in [1.29, 1.82) is 0 Å². The molecule has 0 aliphatic rings. The topological polar surface area (TPSA) is 66.4 Å². The molecule has 0 aliphatic carbocycles. The predicted molar refractivity (Wildman–Crippen MR) is 78.7 cm³/mol. The quantitative estimate of drug-likeness (QED) is 0.392. The van der Waals surface area contributed by atoms with Crippen LogP contribution in [0.5, 0.6) is 0 Å². The lowest BCUT2D eigenvalue weighted by molar-refractivity contribution is -0.109. The molecule has 17 heavy (non-hydrogen) atoms. The molecule has 0 unspecified atom stereocenters. The van der Waals surface area contributed by atoms with Gasteiger partial charge in [0, 0.05) is 13.0 Å². The van der Waals surface area contributed by atoms with Crippen LogP contribution in [-0.2, 0) is 4.79 Å². The van der Waals surface area contributed by atoms with Crippen molar-refractivity contribution in [2.75, 3.05) is 6.54 Å². The van der Waals surface area contributed by atoms with E-state index in [0.717, 1.165) is 25.7 Å². The normalized spacial score (nSPS) is 9.12. The SMILES string of the molecule is CCCCCCC(=O)I.CCCCNC(=O)O. The van der Waals surface area contributed by atoms with Crippen LogP contribution in [0.25, 0.3) is 0 Å². The van der Waals surface area contributed by atoms with E-state index in [1.54, 1.807) is 0 Å². The van der Waals surface area contributed by atoms with Crippen LogP contribution < -0.4 is 5.32 Å². The monoisotopic (exact) mass is 357 g/mol. The van der Waals surface area contributed by atoms with Crippen LogP contribution in [0.15, 0.2) is 0 Å². The second-order valence-electron chi connectivity index (χ2n) is 3.75. The van der Waals surface area contributed by atoms with E-state index in [1.165, 1.54) is 19.3 Å². The minimum atomic E-state index is -0.932. The van der Waals surface area contributed by atoms with Gasteiger partial charge >= 0.3 is 6.09 Å². The van der Waals surface area contributed by atoms with Crippen LogP contribution in [-0.4, -0.2) is 21.5 Å². The van der Waals surface area contributed by atoms with Gasteiger partial charge < -0.3 is 10.4 Å². The van der Waals surface area contributed by atoms with E-state index in [4.69, 9.17) is 5.11 Å². The van der Waals surface area contributed by atoms with Crippen molar-refractivity contribution in [3.63, 3.8) is 0 Å². The van der Waals surface area contributed by atoms with E-state index in [1.807, 2.05) is 29.5 Å². The summed E-state index contributed by atoms with van der Waals surface area (Å²) in [4.78, 5) is 20.2. The smallest absolute Gasteiger partial charge is 0.404 e. The Labute approximate surface area is 118 Å². The molecule has 0 aliphatic heterocycles. The maximum atomic E-state index is 10.4. The number of carbonyl (C=O) groups is 2. The number of amides is 1. The third kappa shape index (κ3) is 25.7. The van der Waals surface area contributed by atoms with Gasteiger partial charge in [-0.3, -0.25) is 4.79 Å². The fourth-order valence-electron chi connectivity index (χ4n) is 1.06. The minimum Gasteiger partial charge on any atom is -0.465 e. The maximum absolute atomic E-state index is 10.4. The Kier molecular flexibility index (Phi) is 17.5. The Morgan fingerprint density at radius 2 is 1.65 bits per heavy atom. The standard InChI is InChI=1S/C7H13IO.C5H11NO2/c1-2-3-4-5-6-7(8)9;1-2-3-4-6-5(7)8/h2-6H2,1H3;6H,2-4H2,1H3,(H,7,8). The van der Waals surface area contributed by atoms with Crippen LogP contribution in [0.3, 0.4) is 0 Å². The molecule has 102 valence electrons. The first kappa shape index (κ1) is 19.0. The fourth-order valence-corrected chi connectivity index (χ4v) is 1.44. The molecule has 0 aromatic heterocycles. The predicted octanol–water partition coefficient (Wildman–Crippen LogP) is 3.97. The number of hydrogen-bond donors (Lipinski definition) is 2. The summed E-state index contributed by atoms with van der Waals surface area (Å²) in [5.41, 5.74) is 0. The second kappa shape index (κ2) is 15.7. The zero-order chi connectivity index (χ0) is 13.5. The molecule has 0 aromatic carbocycles. The van der Waals surface area contributed by atoms with Gasteiger partial charge in [0.25, 0.3) is 0 Å². The lowest BCUT2D eigenvalue weighted by Crippen LogP contribution is -2.21. The van der Waals surface area contributed by atoms with E-state index in [-0.39, 0.29) is 0 Å². The number of rotatable bonds is 8. The lowest BCUT2D eigenvalue weighted by Gasteiger charge is -1.94. The number of nitrogens with one attached hydrogen (secondary N) is 1. The highest BCUT2D eigenvalue weighted by atomic mass is 127. The highest BCUT2D eigenvalue weighted by Crippen LogP contribution is 2.04. The Balaban J connectivity index is 0. The Bertz CT molecular complexity index is 198. The fraction of sp³-hybridized carbons (Fsp3) is 0.833. The molecule has 1 amide bonds. The van der Waals surface area contributed by atoms with Crippen molar-refractivity contribution < 1.29 is 14.7 Å². The molecule has 0 saturated carbocycles. The zero-order valence-electron chi connectivity index (χ0n) is 10.8. The van der Waals surface area contributed by atoms with Crippen molar-refractivity contribution in [3.8, 4) is 0 Å². The molecule has 2 N–H and O–H groups in total. The molecule has 0 radical (unpaired) electrons. The lowest BCUT2D eigenvalue weighted by atomic mass is 10.2. The van der Waals surface area contributed by atoms with Gasteiger partial charge in [-0.05, 0) is 35.4 Å². The molecule has 0 aromatic rings. The van der Waals surface area contributed by atoms with Crippen molar-refractivity contribution >= 4 is 32.5 Å². The molecule has 0 spiro atoms. The van der Waals surface area contributed by atoms with Crippen LogP contribution in [0.4, 0.5) is 4.79 Å². The summed E-state index contributed by atoms with van der Waals surface area (Å²) < 4.78 is 0.295. The van der Waals surface area contributed by atoms with E-state index in [2.05, 4.69) is 12.2 Å². The number of hydrogen-bond acceptors (Lipinski definition) is 2. The molecule has 5 heteroatoms.